The smallest absolute Gasteiger partial charge is 0.508 e. The molecule has 0 unspecified atom stereocenters. The van der Waals surface area contributed by atoms with Crippen LogP contribution in [-0.2, 0) is 9.59 Å². The summed E-state index contributed by atoms with van der Waals surface area (Å²) in [6.45, 7) is 12.2. The van der Waals surface area contributed by atoms with Gasteiger partial charge in [0.2, 0.25) is 5.24 Å². The monoisotopic (exact) mass is 1320 g/mol. The third kappa shape index (κ3) is 28.0. The molecule has 0 aromatic heterocycles. The molecule has 2 N–H and O–H groups in total. The fourth-order valence-electron chi connectivity index (χ4n) is 12.2. The summed E-state index contributed by atoms with van der Waals surface area (Å²) in [6, 6.07) is 47.3. The van der Waals surface area contributed by atoms with Gasteiger partial charge in [-0.15, -0.1) is 23.2 Å². The van der Waals surface area contributed by atoms with Crippen LogP contribution in [0.4, 0.5) is 0 Å². The Balaban J connectivity index is 0.000000253. The minimum absolute atomic E-state index is 0.0249. The lowest BCUT2D eigenvalue weighted by Gasteiger charge is -2.28. The van der Waals surface area contributed by atoms with Crippen molar-refractivity contribution in [1.82, 2.24) is 0 Å². The van der Waals surface area contributed by atoms with Crippen LogP contribution in [0.1, 0.15) is 221 Å². The molecule has 6 aromatic rings. The zero-order chi connectivity index (χ0) is 63.5. The van der Waals surface area contributed by atoms with Gasteiger partial charge < -0.3 is 14.9 Å². The number of phenolic OH excluding ortho intramolecular Hbond substituents is 2. The summed E-state index contributed by atoms with van der Waals surface area (Å²) in [4.78, 5) is 32.9. The number of halogens is 6. The van der Waals surface area contributed by atoms with E-state index < -0.39 is 11.4 Å². The maximum Gasteiger partial charge on any atom is 0.643 e. The molecule has 3 aliphatic rings. The predicted octanol–water partition coefficient (Wildman–Crippen LogP) is 23.9. The van der Waals surface area contributed by atoms with Crippen molar-refractivity contribution in [2.45, 2.75) is 194 Å². The highest BCUT2D eigenvalue weighted by molar-refractivity contribution is 7.54. The molecule has 3 saturated carbocycles. The number of hydrogen-bond donors (Lipinski definition) is 2. The number of ketones is 1. The van der Waals surface area contributed by atoms with Crippen molar-refractivity contribution < 1.29 is 29.3 Å². The van der Waals surface area contributed by atoms with Gasteiger partial charge in [-0.1, -0.05) is 183 Å². The van der Waals surface area contributed by atoms with Crippen LogP contribution in [0.25, 0.3) is 33.4 Å². The maximum atomic E-state index is 11.8. The lowest BCUT2D eigenvalue weighted by atomic mass is 9.77. The first-order valence-electron chi connectivity index (χ1n) is 32.0. The average molecular weight is 1320 g/mol. The summed E-state index contributed by atoms with van der Waals surface area (Å²) in [5.41, 5.74) is 11.4. The Bertz CT molecular complexity index is 2870. The Hall–Kier alpha value is -4.00. The van der Waals surface area contributed by atoms with Gasteiger partial charge >= 0.3 is 17.4 Å². The Labute approximate surface area is 554 Å². The van der Waals surface area contributed by atoms with E-state index in [-0.39, 0.29) is 22.7 Å². The summed E-state index contributed by atoms with van der Waals surface area (Å²) in [7, 11) is 14.8. The second kappa shape index (κ2) is 42.9. The highest BCUT2D eigenvalue weighted by atomic mass is 35.8. The van der Waals surface area contributed by atoms with E-state index in [2.05, 4.69) is 99.6 Å². The van der Waals surface area contributed by atoms with Crippen LogP contribution < -0.4 is 4.74 Å². The van der Waals surface area contributed by atoms with E-state index in [0.29, 0.717) is 59.9 Å². The first-order chi connectivity index (χ1) is 42.0. The number of ether oxygens (including phenoxy) is 1. The van der Waals surface area contributed by atoms with Crippen LogP contribution in [-0.4, -0.2) is 50.4 Å². The standard InChI is InChI=1S/2C24H30O2.C21H26O.C3H5ClO.C2H4Cl2.Al.3ClH/c1-3-6-18-9-11-19(12-10-18)20-13-15-21(16-14-20)22-7-5-8-23(17-22)26-24(25)4-2;1-3-5-17-6-8-18(9-7-17)19-10-12-20(13-11-19)21-14-15-22(23(25)4-2)24(26)16-21;1-2-4-16-7-9-17(10-8-16)18-11-13-19(14-12-18)20-5-3-6-21(22)15-20;1-2-3(4)5;3-1-2-4;;;;/h5,7-8,13-19H,3-4,6,9-12H2,1-2H3;10-18,26H,3-9H2,1-2H3;3,5-6,11-17,22H,2,4,7-10H2,1H3;2H2,1H3;1-2H2;;3*1H/q;;;;;+3;;;/p-3. The van der Waals surface area contributed by atoms with Crippen molar-refractivity contribution >= 4 is 93.3 Å². The van der Waals surface area contributed by atoms with E-state index in [1.165, 1.54) is 143 Å². The maximum absolute atomic E-state index is 11.8. The molecule has 3 fully saturated rings. The van der Waals surface area contributed by atoms with Gasteiger partial charge in [0, 0.05) is 31.0 Å². The number of carbonyl (C=O) groups is 3. The predicted molar refractivity (Wildman–Crippen MR) is 374 cm³/mol. The Kier molecular flexibility index (Phi) is 37.2. The molecule has 6 aromatic carbocycles. The van der Waals surface area contributed by atoms with Gasteiger partial charge in [-0.05, 0) is 211 Å². The molecule has 3 aliphatic carbocycles. The Morgan fingerprint density at radius 2 is 0.793 bits per heavy atom. The molecular weight excluding hydrogens is 1220 g/mol. The van der Waals surface area contributed by atoms with E-state index in [9.17, 15) is 24.6 Å². The van der Waals surface area contributed by atoms with Crippen molar-refractivity contribution in [2.24, 2.45) is 17.8 Å². The largest absolute Gasteiger partial charge is 0.643 e. The first kappa shape index (κ1) is 75.5. The third-order valence-corrected chi connectivity index (χ3v) is 17.8. The molecule has 0 heterocycles. The molecule has 9 rings (SSSR count). The van der Waals surface area contributed by atoms with Gasteiger partial charge in [0.25, 0.3) is 0 Å². The van der Waals surface area contributed by atoms with Gasteiger partial charge in [-0.3, -0.25) is 14.4 Å². The third-order valence-electron chi connectivity index (χ3n) is 16.9. The van der Waals surface area contributed by atoms with Gasteiger partial charge in [-0.25, -0.2) is 30.1 Å². The van der Waals surface area contributed by atoms with E-state index in [4.69, 9.17) is 69.7 Å². The molecule has 13 heteroatoms. The number of phenols is 2. The number of rotatable bonds is 18. The number of hydrogen-bond acceptors (Lipinski definition) is 6. The first-order valence-corrected chi connectivity index (χ1v) is 38.7. The SMILES string of the molecule is CCC(=O)Cl.CCCC1CCC(c2ccc(-c3ccc(C(=O)CC)c(O)c3)cc2)CC1.CCCC1CCC(c2ccc(-c3cccc(O)c3)cc2)CC1.CCCC1CCC(c2ccc(-c3cccc(OC(=O)CC)c3)cc2)CC1.ClCCCl.[Cl][Al]([Cl])[Cl]. The van der Waals surface area contributed by atoms with Crippen molar-refractivity contribution in [2.75, 3.05) is 11.8 Å². The molecule has 0 radical (unpaired) electrons. The fraction of sp³-hybridized carbons (Fsp3) is 0.473. The Morgan fingerprint density at radius 3 is 1.10 bits per heavy atom. The fourth-order valence-corrected chi connectivity index (χ4v) is 12.2. The summed E-state index contributed by atoms with van der Waals surface area (Å²) >= 11 is 13.2. The molecule has 87 heavy (non-hydrogen) atoms. The second-order valence-electron chi connectivity index (χ2n) is 23.1. The van der Waals surface area contributed by atoms with Gasteiger partial charge in [0.05, 0.1) is 5.56 Å². The lowest BCUT2D eigenvalue weighted by molar-refractivity contribution is -0.134. The molecular formula is C74H95AlCl6O6. The quantitative estimate of drug-likeness (QED) is 0.0222. The van der Waals surface area contributed by atoms with Crippen LogP contribution in [0, 0.1) is 17.8 Å². The molecule has 6 nitrogen and oxygen atoms in total. The zero-order valence-electron chi connectivity index (χ0n) is 52.4. The number of carbonyl (C=O) groups excluding carboxylic acids is 3. The minimum Gasteiger partial charge on any atom is -0.508 e. The van der Waals surface area contributed by atoms with Gasteiger partial charge in [0.1, 0.15) is 17.2 Å². The molecule has 0 amide bonds. The highest BCUT2D eigenvalue weighted by Crippen LogP contribution is 2.41. The minimum atomic E-state index is -1.72. The van der Waals surface area contributed by atoms with Crippen LogP contribution in [0.3, 0.4) is 0 Å². The van der Waals surface area contributed by atoms with E-state index >= 15 is 0 Å². The van der Waals surface area contributed by atoms with Gasteiger partial charge in [-0.2, -0.15) is 0 Å². The van der Waals surface area contributed by atoms with Crippen LogP contribution in [0.5, 0.6) is 17.2 Å². The summed E-state index contributed by atoms with van der Waals surface area (Å²) in [6.07, 6.45) is 25.6. The van der Waals surface area contributed by atoms with Crippen molar-refractivity contribution in [3.63, 3.8) is 0 Å². The van der Waals surface area contributed by atoms with E-state index in [0.717, 1.165) is 45.9 Å². The molecule has 0 atom stereocenters. The average Bonchev–Trinajstić information content (AvgIpc) is 3.75. The van der Waals surface area contributed by atoms with Crippen molar-refractivity contribution in [1.29, 1.82) is 0 Å². The topological polar surface area (TPSA) is 101 Å². The van der Waals surface area contributed by atoms with Gasteiger partial charge in [0.15, 0.2) is 5.78 Å². The molecule has 0 saturated heterocycles. The molecule has 0 spiro atoms. The second-order valence-corrected chi connectivity index (χ2v) is 30.7. The van der Waals surface area contributed by atoms with Crippen molar-refractivity contribution in [3.05, 3.63) is 162 Å². The molecule has 0 aliphatic heterocycles. The van der Waals surface area contributed by atoms with E-state index in [1.807, 2.05) is 49.4 Å². The zero-order valence-corrected chi connectivity index (χ0v) is 58.1. The van der Waals surface area contributed by atoms with E-state index in [1.54, 1.807) is 32.0 Å². The van der Waals surface area contributed by atoms with Crippen LogP contribution in [0.2, 0.25) is 0 Å². The molecule has 0 bridgehead atoms. The number of benzene rings is 6. The summed E-state index contributed by atoms with van der Waals surface area (Å²) in [5, 5.41) is 19.5. The van der Waals surface area contributed by atoms with Crippen molar-refractivity contribution in [3.8, 4) is 50.6 Å². The number of Topliss-reactive ketones (excluding diaryl/α,β-unsaturated/α-hetero) is 1. The highest BCUT2D eigenvalue weighted by Gasteiger charge is 2.24. The van der Waals surface area contributed by atoms with Crippen LogP contribution in [0.15, 0.2) is 140 Å². The Morgan fingerprint density at radius 1 is 0.448 bits per heavy atom. The normalized spacial score (nSPS) is 18.5. The number of aromatic hydroxyl groups is 2. The number of esters is 1. The molecule has 472 valence electrons. The number of alkyl halides is 2. The summed E-state index contributed by atoms with van der Waals surface area (Å²) < 4.78 is 5.34. The summed E-state index contributed by atoms with van der Waals surface area (Å²) in [5.74, 6) is 6.91. The van der Waals surface area contributed by atoms with Crippen LogP contribution >= 0.6 is 65.0 Å². The lowest BCUT2D eigenvalue weighted by Crippen LogP contribution is -2.13.